The Morgan fingerprint density at radius 1 is 1.06 bits per heavy atom. The number of rotatable bonds is 3. The van der Waals surface area contributed by atoms with E-state index >= 15 is 0 Å². The molecule has 0 aliphatic rings. The van der Waals surface area contributed by atoms with E-state index in [0.29, 0.717) is 24.0 Å². The van der Waals surface area contributed by atoms with Gasteiger partial charge in [0, 0.05) is 11.8 Å². The Hall–Kier alpha value is -2.17. The van der Waals surface area contributed by atoms with Crippen LogP contribution in [0.3, 0.4) is 0 Å². The average Bonchev–Trinajstić information content (AvgIpc) is 2.33. The summed E-state index contributed by atoms with van der Waals surface area (Å²) in [5.41, 5.74) is -0.361. The first-order valence-corrected chi connectivity index (χ1v) is 5.21. The van der Waals surface area contributed by atoms with Gasteiger partial charge < -0.3 is 5.10 Å². The van der Waals surface area contributed by atoms with Crippen molar-refractivity contribution in [2.24, 2.45) is 0 Å². The minimum atomic E-state index is -0.684. The smallest absolute Gasteiger partial charge is 0.305 e. The molecular formula is C12H11FN2O2. The van der Waals surface area contributed by atoms with Gasteiger partial charge in [0.2, 0.25) is 5.43 Å². The third-order valence-electron chi connectivity index (χ3n) is 2.55. The topological polar surface area (TPSA) is 65.7 Å². The molecule has 0 unspecified atom stereocenters. The van der Waals surface area contributed by atoms with Gasteiger partial charge in [-0.3, -0.25) is 14.7 Å². The predicted octanol–water partition coefficient (Wildman–Crippen LogP) is 0.987. The summed E-state index contributed by atoms with van der Waals surface area (Å²) in [4.78, 5) is 22.5. The van der Waals surface area contributed by atoms with Gasteiger partial charge in [-0.2, -0.15) is 0 Å². The maximum absolute atomic E-state index is 13.3. The molecule has 17 heavy (non-hydrogen) atoms. The first-order valence-electron chi connectivity index (χ1n) is 5.21. The van der Waals surface area contributed by atoms with Crippen LogP contribution < -0.4 is 11.0 Å². The maximum atomic E-state index is 13.3. The Bertz CT molecular complexity index is 631. The molecule has 0 radical (unpaired) electrons. The molecule has 5 heteroatoms. The van der Waals surface area contributed by atoms with Gasteiger partial charge in [-0.05, 0) is 24.5 Å². The van der Waals surface area contributed by atoms with Gasteiger partial charge in [0.25, 0.3) is 0 Å². The van der Waals surface area contributed by atoms with Gasteiger partial charge in [-0.15, -0.1) is 0 Å². The van der Waals surface area contributed by atoms with E-state index in [-0.39, 0.29) is 5.82 Å². The van der Waals surface area contributed by atoms with Crippen molar-refractivity contribution in [2.45, 2.75) is 12.8 Å². The molecular weight excluding hydrogens is 223 g/mol. The van der Waals surface area contributed by atoms with Crippen LogP contribution in [0.4, 0.5) is 4.39 Å². The lowest BCUT2D eigenvalue weighted by Crippen LogP contribution is -2.30. The summed E-state index contributed by atoms with van der Waals surface area (Å²) in [7, 11) is 0. The zero-order valence-corrected chi connectivity index (χ0v) is 9.00. The Morgan fingerprint density at radius 3 is 2.53 bits per heavy atom. The molecule has 2 rings (SSSR count). The normalized spacial score (nSPS) is 10.4. The highest BCUT2D eigenvalue weighted by Gasteiger charge is 2.05. The molecule has 1 heterocycles. The quantitative estimate of drug-likeness (QED) is 0.778. The largest absolute Gasteiger partial charge is 0.310 e. The van der Waals surface area contributed by atoms with Crippen LogP contribution in [-0.4, -0.2) is 10.2 Å². The monoisotopic (exact) mass is 234 g/mol. The van der Waals surface area contributed by atoms with E-state index < -0.39 is 11.0 Å². The molecule has 88 valence electrons. The summed E-state index contributed by atoms with van der Waals surface area (Å²) in [5.74, 6) is -0.297. The van der Waals surface area contributed by atoms with Crippen molar-refractivity contribution in [1.82, 2.24) is 10.2 Å². The Morgan fingerprint density at radius 2 is 1.76 bits per heavy atom. The molecule has 1 aromatic carbocycles. The van der Waals surface area contributed by atoms with Crippen molar-refractivity contribution in [2.75, 3.05) is 0 Å². The lowest BCUT2D eigenvalue weighted by molar-refractivity contribution is 0.608. The van der Waals surface area contributed by atoms with Crippen LogP contribution >= 0.6 is 0 Å². The van der Waals surface area contributed by atoms with Crippen molar-refractivity contribution in [3.05, 3.63) is 68.0 Å². The lowest BCUT2D eigenvalue weighted by Gasteiger charge is -2.02. The van der Waals surface area contributed by atoms with E-state index in [1.807, 2.05) is 0 Å². The molecule has 0 amide bonds. The summed E-state index contributed by atoms with van der Waals surface area (Å²) in [6, 6.07) is 6.38. The van der Waals surface area contributed by atoms with Crippen molar-refractivity contribution in [1.29, 1.82) is 0 Å². The molecule has 2 aromatic rings. The van der Waals surface area contributed by atoms with Crippen LogP contribution in [0.5, 0.6) is 0 Å². The number of H-pyrrole nitrogens is 2. The van der Waals surface area contributed by atoms with E-state index in [1.54, 1.807) is 18.2 Å². The molecule has 4 nitrogen and oxygen atoms in total. The van der Waals surface area contributed by atoms with Gasteiger partial charge in [0.05, 0.1) is 0 Å². The summed E-state index contributed by atoms with van der Waals surface area (Å²) in [6.45, 7) is 0. The summed E-state index contributed by atoms with van der Waals surface area (Å²) in [6.07, 6.45) is 2.16. The molecule has 2 N–H and O–H groups in total. The number of aromatic amines is 2. The minimum Gasteiger partial charge on any atom is -0.305 e. The average molecular weight is 234 g/mol. The number of nitrogens with one attached hydrogen (secondary N) is 2. The highest BCUT2D eigenvalue weighted by atomic mass is 19.1. The van der Waals surface area contributed by atoms with E-state index in [1.165, 1.54) is 12.3 Å². The van der Waals surface area contributed by atoms with Crippen LogP contribution in [0, 0.1) is 5.82 Å². The van der Waals surface area contributed by atoms with Crippen LogP contribution in [0.15, 0.2) is 40.1 Å². The summed E-state index contributed by atoms with van der Waals surface area (Å²) >= 11 is 0. The molecule has 0 aliphatic carbocycles. The predicted molar refractivity (Wildman–Crippen MR) is 61.5 cm³/mol. The molecule has 0 spiro atoms. The van der Waals surface area contributed by atoms with Gasteiger partial charge in [0.1, 0.15) is 5.82 Å². The van der Waals surface area contributed by atoms with Gasteiger partial charge in [0.15, 0.2) is 0 Å². The Balaban J connectivity index is 2.19. The third kappa shape index (κ3) is 2.50. The molecule has 1 aromatic heterocycles. The minimum absolute atomic E-state index is 0.297. The number of aryl methyl sites for hydroxylation is 2. The second kappa shape index (κ2) is 4.78. The van der Waals surface area contributed by atoms with E-state index in [2.05, 4.69) is 10.2 Å². The highest BCUT2D eigenvalue weighted by Crippen LogP contribution is 2.08. The zero-order valence-electron chi connectivity index (χ0n) is 9.00. The summed E-state index contributed by atoms with van der Waals surface area (Å²) < 4.78 is 13.3. The number of halogens is 1. The second-order valence-corrected chi connectivity index (χ2v) is 3.69. The first-order chi connectivity index (χ1) is 8.18. The zero-order chi connectivity index (χ0) is 12.3. The molecule has 0 fully saturated rings. The Labute approximate surface area is 96.1 Å². The fraction of sp³-hybridized carbons (Fsp3) is 0.167. The molecule has 0 saturated heterocycles. The maximum Gasteiger partial charge on any atom is 0.310 e. The van der Waals surface area contributed by atoms with E-state index in [9.17, 15) is 14.0 Å². The third-order valence-corrected chi connectivity index (χ3v) is 2.55. The van der Waals surface area contributed by atoms with E-state index in [4.69, 9.17) is 0 Å². The van der Waals surface area contributed by atoms with Crippen molar-refractivity contribution in [3.8, 4) is 0 Å². The fourth-order valence-electron chi connectivity index (χ4n) is 1.61. The number of hydrogen-bond acceptors (Lipinski definition) is 2. The number of hydrogen-bond donors (Lipinski definition) is 2. The first kappa shape index (κ1) is 11.3. The van der Waals surface area contributed by atoms with Gasteiger partial charge in [-0.25, -0.2) is 4.39 Å². The van der Waals surface area contributed by atoms with Gasteiger partial charge >= 0.3 is 5.56 Å². The second-order valence-electron chi connectivity index (χ2n) is 3.69. The molecule has 0 aliphatic heterocycles. The van der Waals surface area contributed by atoms with Crippen molar-refractivity contribution < 1.29 is 4.39 Å². The standard InChI is InChI=1S/C12H11FN2O2/c13-10-4-2-1-3-8(10)5-6-9-7-14-15-12(17)11(9)16/h1-4,7H,5-6H2,(H,14,16)(H,15,17). The van der Waals surface area contributed by atoms with Crippen LogP contribution in [-0.2, 0) is 12.8 Å². The molecule has 0 bridgehead atoms. The highest BCUT2D eigenvalue weighted by molar-refractivity contribution is 5.19. The number of aromatic nitrogens is 2. The van der Waals surface area contributed by atoms with Crippen molar-refractivity contribution >= 4 is 0 Å². The number of benzene rings is 1. The fourth-order valence-corrected chi connectivity index (χ4v) is 1.61. The van der Waals surface area contributed by atoms with Crippen molar-refractivity contribution in [3.63, 3.8) is 0 Å². The Kier molecular flexibility index (Phi) is 3.18. The van der Waals surface area contributed by atoms with Crippen LogP contribution in [0.2, 0.25) is 0 Å². The van der Waals surface area contributed by atoms with Crippen LogP contribution in [0.25, 0.3) is 0 Å². The SMILES string of the molecule is O=c1[nH][nH]cc(CCc2ccccc2F)c1=O. The van der Waals surface area contributed by atoms with Gasteiger partial charge in [-0.1, -0.05) is 18.2 Å². The molecule has 0 saturated carbocycles. The molecule has 0 atom stereocenters. The van der Waals surface area contributed by atoms with Crippen LogP contribution in [0.1, 0.15) is 11.1 Å². The van der Waals surface area contributed by atoms with E-state index in [0.717, 1.165) is 0 Å². The lowest BCUT2D eigenvalue weighted by atomic mass is 10.1. The summed E-state index contributed by atoms with van der Waals surface area (Å²) in [5, 5.41) is 4.67.